The number of thiophene rings is 1. The van der Waals surface area contributed by atoms with Gasteiger partial charge in [-0.3, -0.25) is 9.59 Å². The Balaban J connectivity index is 1.51. The number of amides is 2. The molecule has 0 N–H and O–H groups in total. The maximum atomic E-state index is 13.6. The molecule has 33 heavy (non-hydrogen) atoms. The molecule has 2 heterocycles. The molecular formula is C26H34N2O4S. The standard InChI is InChI=1S/C26H34N2O4S/c1-18(2)28(26(30)19-8-4-5-9-19)16-25(29)27-14-12-24-20(13-15-33-24)21(27)17-32-23-11-7-6-10-22(23)31-3/h6-7,10-11,13,15,18-19,21H,4-5,8-9,12,14,16-17H2,1-3H3/t21-/m0/s1. The number of hydrogen-bond acceptors (Lipinski definition) is 5. The fourth-order valence-electron chi connectivity index (χ4n) is 4.94. The third-order valence-electron chi connectivity index (χ3n) is 6.80. The predicted octanol–water partition coefficient (Wildman–Crippen LogP) is 4.69. The van der Waals surface area contributed by atoms with E-state index < -0.39 is 0 Å². The van der Waals surface area contributed by atoms with Gasteiger partial charge in [-0.1, -0.05) is 25.0 Å². The highest BCUT2D eigenvalue weighted by Crippen LogP contribution is 2.35. The van der Waals surface area contributed by atoms with Gasteiger partial charge in [-0.05, 0) is 62.3 Å². The van der Waals surface area contributed by atoms with Crippen molar-refractivity contribution < 1.29 is 19.1 Å². The van der Waals surface area contributed by atoms with Gasteiger partial charge in [0.2, 0.25) is 11.8 Å². The van der Waals surface area contributed by atoms with Gasteiger partial charge < -0.3 is 19.3 Å². The zero-order valence-electron chi connectivity index (χ0n) is 19.8. The molecule has 0 radical (unpaired) electrons. The van der Waals surface area contributed by atoms with Crippen LogP contribution in [0.5, 0.6) is 11.5 Å². The zero-order chi connectivity index (χ0) is 23.4. The first kappa shape index (κ1) is 23.6. The van der Waals surface area contributed by atoms with E-state index in [0.29, 0.717) is 24.7 Å². The van der Waals surface area contributed by atoms with Crippen LogP contribution in [0.15, 0.2) is 35.7 Å². The second-order valence-electron chi connectivity index (χ2n) is 9.16. The Morgan fingerprint density at radius 3 is 2.58 bits per heavy atom. The van der Waals surface area contributed by atoms with E-state index >= 15 is 0 Å². The first-order chi connectivity index (χ1) is 16.0. The molecule has 0 unspecified atom stereocenters. The van der Waals surface area contributed by atoms with E-state index in [0.717, 1.165) is 37.7 Å². The first-order valence-electron chi connectivity index (χ1n) is 11.9. The van der Waals surface area contributed by atoms with Crippen LogP contribution < -0.4 is 9.47 Å². The second kappa shape index (κ2) is 10.6. The summed E-state index contributed by atoms with van der Waals surface area (Å²) in [6.45, 7) is 5.09. The minimum atomic E-state index is -0.187. The van der Waals surface area contributed by atoms with E-state index in [9.17, 15) is 9.59 Å². The summed E-state index contributed by atoms with van der Waals surface area (Å²) in [5.41, 5.74) is 1.15. The number of benzene rings is 1. The maximum absolute atomic E-state index is 13.6. The van der Waals surface area contributed by atoms with Crippen LogP contribution in [0, 0.1) is 5.92 Å². The molecule has 1 saturated carbocycles. The normalized spacial score (nSPS) is 18.3. The molecular weight excluding hydrogens is 436 g/mol. The van der Waals surface area contributed by atoms with Gasteiger partial charge in [0.05, 0.1) is 13.2 Å². The summed E-state index contributed by atoms with van der Waals surface area (Å²) in [5, 5.41) is 2.08. The summed E-state index contributed by atoms with van der Waals surface area (Å²) in [6, 6.07) is 9.46. The van der Waals surface area contributed by atoms with Crippen LogP contribution in [0.25, 0.3) is 0 Å². The fourth-order valence-corrected chi connectivity index (χ4v) is 5.87. The number of para-hydroxylation sites is 2. The smallest absolute Gasteiger partial charge is 0.242 e. The molecule has 2 aromatic rings. The molecule has 7 heteroatoms. The van der Waals surface area contributed by atoms with Crippen LogP contribution in [0.1, 0.15) is 56.0 Å². The molecule has 6 nitrogen and oxygen atoms in total. The van der Waals surface area contributed by atoms with Crippen molar-refractivity contribution >= 4 is 23.2 Å². The van der Waals surface area contributed by atoms with E-state index in [2.05, 4.69) is 11.4 Å². The Morgan fingerprint density at radius 2 is 1.88 bits per heavy atom. The highest BCUT2D eigenvalue weighted by molar-refractivity contribution is 7.10. The fraction of sp³-hybridized carbons (Fsp3) is 0.538. The summed E-state index contributed by atoms with van der Waals surface area (Å²) < 4.78 is 11.6. The highest BCUT2D eigenvalue weighted by atomic mass is 32.1. The van der Waals surface area contributed by atoms with Crippen LogP contribution in [0.2, 0.25) is 0 Å². The monoisotopic (exact) mass is 470 g/mol. The molecule has 2 aliphatic rings. The Kier molecular flexibility index (Phi) is 7.58. The van der Waals surface area contributed by atoms with Gasteiger partial charge in [0.25, 0.3) is 0 Å². The SMILES string of the molecule is COc1ccccc1OC[C@H]1c2ccsc2CCN1C(=O)CN(C(=O)C1CCCC1)C(C)C. The quantitative estimate of drug-likeness (QED) is 0.562. The molecule has 1 atom stereocenters. The molecule has 4 rings (SSSR count). The lowest BCUT2D eigenvalue weighted by Gasteiger charge is -2.38. The van der Waals surface area contributed by atoms with Crippen LogP contribution in [-0.4, -0.2) is 54.5 Å². The molecule has 0 bridgehead atoms. The molecule has 1 aromatic heterocycles. The van der Waals surface area contributed by atoms with Gasteiger partial charge in [-0.25, -0.2) is 0 Å². The number of rotatable bonds is 8. The van der Waals surface area contributed by atoms with Gasteiger partial charge in [-0.15, -0.1) is 11.3 Å². The Morgan fingerprint density at radius 1 is 1.15 bits per heavy atom. The molecule has 0 saturated heterocycles. The number of methoxy groups -OCH3 is 1. The van der Waals surface area contributed by atoms with Crippen molar-refractivity contribution in [3.05, 3.63) is 46.2 Å². The van der Waals surface area contributed by atoms with E-state index in [1.165, 1.54) is 4.88 Å². The molecule has 0 spiro atoms. The average molecular weight is 471 g/mol. The summed E-state index contributed by atoms with van der Waals surface area (Å²) in [4.78, 5) is 31.7. The largest absolute Gasteiger partial charge is 0.493 e. The van der Waals surface area contributed by atoms with Crippen LogP contribution in [0.3, 0.4) is 0 Å². The zero-order valence-corrected chi connectivity index (χ0v) is 20.6. The first-order valence-corrected chi connectivity index (χ1v) is 12.8. The van der Waals surface area contributed by atoms with Crippen LogP contribution >= 0.6 is 11.3 Å². The van der Waals surface area contributed by atoms with Gasteiger partial charge >= 0.3 is 0 Å². The van der Waals surface area contributed by atoms with Crippen molar-refractivity contribution in [2.24, 2.45) is 5.92 Å². The average Bonchev–Trinajstić information content (AvgIpc) is 3.52. The molecule has 1 aromatic carbocycles. The Hall–Kier alpha value is -2.54. The summed E-state index contributed by atoms with van der Waals surface area (Å²) in [5.74, 6) is 1.51. The second-order valence-corrected chi connectivity index (χ2v) is 10.2. The summed E-state index contributed by atoms with van der Waals surface area (Å²) in [7, 11) is 1.62. The van der Waals surface area contributed by atoms with E-state index in [4.69, 9.17) is 9.47 Å². The lowest BCUT2D eigenvalue weighted by Crippen LogP contribution is -2.50. The third-order valence-corrected chi connectivity index (χ3v) is 7.79. The van der Waals surface area contributed by atoms with Gasteiger partial charge in [0, 0.05) is 23.4 Å². The number of hydrogen-bond donors (Lipinski definition) is 0. The predicted molar refractivity (Wildman–Crippen MR) is 130 cm³/mol. The van der Waals surface area contributed by atoms with Crippen molar-refractivity contribution in [3.8, 4) is 11.5 Å². The molecule has 1 aliphatic heterocycles. The number of fused-ring (bicyclic) bond motifs is 1. The highest BCUT2D eigenvalue weighted by Gasteiger charge is 2.35. The third kappa shape index (κ3) is 5.18. The van der Waals surface area contributed by atoms with Gasteiger partial charge in [0.1, 0.15) is 13.2 Å². The summed E-state index contributed by atoms with van der Waals surface area (Å²) in [6.07, 6.45) is 4.92. The van der Waals surface area contributed by atoms with Crippen LogP contribution in [-0.2, 0) is 16.0 Å². The molecule has 1 fully saturated rings. The van der Waals surface area contributed by atoms with Gasteiger partial charge in [-0.2, -0.15) is 0 Å². The minimum absolute atomic E-state index is 0.00757. The van der Waals surface area contributed by atoms with Crippen molar-refractivity contribution in [1.82, 2.24) is 9.80 Å². The van der Waals surface area contributed by atoms with Crippen molar-refractivity contribution in [3.63, 3.8) is 0 Å². The lowest BCUT2D eigenvalue weighted by atomic mass is 10.00. The molecule has 178 valence electrons. The molecule has 1 aliphatic carbocycles. The Labute approximate surface area is 200 Å². The van der Waals surface area contributed by atoms with E-state index in [-0.39, 0.29) is 36.4 Å². The maximum Gasteiger partial charge on any atom is 0.242 e. The topological polar surface area (TPSA) is 59.1 Å². The Bertz CT molecular complexity index is 967. The van der Waals surface area contributed by atoms with E-state index in [1.807, 2.05) is 43.0 Å². The van der Waals surface area contributed by atoms with E-state index in [1.54, 1.807) is 23.3 Å². The van der Waals surface area contributed by atoms with Crippen molar-refractivity contribution in [2.45, 2.75) is 58.0 Å². The van der Waals surface area contributed by atoms with Crippen molar-refractivity contribution in [2.75, 3.05) is 26.8 Å². The lowest BCUT2D eigenvalue weighted by molar-refractivity contribution is -0.146. The van der Waals surface area contributed by atoms with Gasteiger partial charge in [0.15, 0.2) is 11.5 Å². The van der Waals surface area contributed by atoms with Crippen molar-refractivity contribution in [1.29, 1.82) is 0 Å². The van der Waals surface area contributed by atoms with Crippen LogP contribution in [0.4, 0.5) is 0 Å². The number of ether oxygens (including phenoxy) is 2. The number of carbonyl (C=O) groups excluding carboxylic acids is 2. The number of nitrogens with zero attached hydrogens (tertiary/aromatic N) is 2. The summed E-state index contributed by atoms with van der Waals surface area (Å²) >= 11 is 1.73. The minimum Gasteiger partial charge on any atom is -0.493 e. The molecule has 2 amide bonds. The number of carbonyl (C=O) groups is 2.